The molecule has 2 saturated heterocycles. The maximum atomic E-state index is 10.7. The van der Waals surface area contributed by atoms with Gasteiger partial charge in [0.2, 0.25) is 0 Å². The maximum Gasteiger partial charge on any atom is 0.496 e. The molecule has 3 rings (SSSR count). The summed E-state index contributed by atoms with van der Waals surface area (Å²) in [4.78, 5) is 4.45. The molecule has 0 aliphatic carbocycles. The Labute approximate surface area is 132 Å². The summed E-state index contributed by atoms with van der Waals surface area (Å²) < 4.78 is 17.3. The lowest BCUT2D eigenvalue weighted by Crippen LogP contribution is -2.41. The average Bonchev–Trinajstić information content (AvgIpc) is 2.68. The fourth-order valence-electron chi connectivity index (χ4n) is 2.76. The third kappa shape index (κ3) is 2.69. The molecule has 2 aliphatic rings. The van der Waals surface area contributed by atoms with Crippen molar-refractivity contribution in [3.05, 3.63) is 24.0 Å². The molecule has 0 radical (unpaired) electrons. The van der Waals surface area contributed by atoms with Gasteiger partial charge in [-0.2, -0.15) is 0 Å². The minimum atomic E-state index is -0.882. The predicted molar refractivity (Wildman–Crippen MR) is 83.9 cm³/mol. The molecule has 6 heteroatoms. The van der Waals surface area contributed by atoms with E-state index in [1.54, 1.807) is 6.20 Å². The summed E-state index contributed by atoms with van der Waals surface area (Å²) in [6.07, 6.45) is 2.90. The first kappa shape index (κ1) is 15.9. The van der Waals surface area contributed by atoms with Crippen LogP contribution in [0.25, 0.3) is 0 Å². The molecule has 0 bridgehead atoms. The van der Waals surface area contributed by atoms with Crippen molar-refractivity contribution < 1.29 is 19.2 Å². The number of ether oxygens (including phenoxy) is 1. The van der Waals surface area contributed by atoms with Crippen molar-refractivity contribution in [2.75, 3.05) is 13.2 Å². The van der Waals surface area contributed by atoms with E-state index in [0.717, 1.165) is 5.46 Å². The van der Waals surface area contributed by atoms with Gasteiger partial charge < -0.3 is 19.2 Å². The lowest BCUT2D eigenvalue weighted by molar-refractivity contribution is -0.0705. The molecule has 2 aliphatic heterocycles. The second-order valence-electron chi connectivity index (χ2n) is 7.21. The van der Waals surface area contributed by atoms with Crippen LogP contribution in [-0.2, 0) is 19.6 Å². The number of hydrogen-bond donors (Lipinski definition) is 1. The van der Waals surface area contributed by atoms with Gasteiger partial charge in [-0.3, -0.25) is 4.98 Å². The fourth-order valence-corrected chi connectivity index (χ4v) is 2.76. The average molecular weight is 305 g/mol. The lowest BCUT2D eigenvalue weighted by atomic mass is 9.79. The Bertz CT molecular complexity index is 522. The SMILES string of the molecule is CC1(C)OB(c2ccc(C3(O)CCOCC3)nc2)OC1(C)C. The van der Waals surface area contributed by atoms with Crippen LogP contribution in [0.1, 0.15) is 46.2 Å². The van der Waals surface area contributed by atoms with Crippen LogP contribution >= 0.6 is 0 Å². The van der Waals surface area contributed by atoms with Crippen LogP contribution in [0.15, 0.2) is 18.3 Å². The van der Waals surface area contributed by atoms with Crippen LogP contribution in [0.3, 0.4) is 0 Å². The zero-order valence-electron chi connectivity index (χ0n) is 13.8. The Morgan fingerprint density at radius 3 is 2.14 bits per heavy atom. The summed E-state index contributed by atoms with van der Waals surface area (Å²) in [5, 5.41) is 10.7. The van der Waals surface area contributed by atoms with Crippen molar-refractivity contribution in [3.63, 3.8) is 0 Å². The van der Waals surface area contributed by atoms with E-state index in [4.69, 9.17) is 14.0 Å². The van der Waals surface area contributed by atoms with Gasteiger partial charge in [-0.1, -0.05) is 6.07 Å². The molecule has 2 fully saturated rings. The highest BCUT2D eigenvalue weighted by molar-refractivity contribution is 6.62. The van der Waals surface area contributed by atoms with Gasteiger partial charge in [0.1, 0.15) is 5.60 Å². The summed E-state index contributed by atoms with van der Waals surface area (Å²) in [5.74, 6) is 0. The second-order valence-corrected chi connectivity index (χ2v) is 7.21. The van der Waals surface area contributed by atoms with E-state index >= 15 is 0 Å². The maximum absolute atomic E-state index is 10.7. The van der Waals surface area contributed by atoms with Crippen molar-refractivity contribution in [2.45, 2.75) is 57.3 Å². The van der Waals surface area contributed by atoms with Gasteiger partial charge in [0.15, 0.2) is 0 Å². The van der Waals surface area contributed by atoms with Crippen LogP contribution in [0.2, 0.25) is 0 Å². The Balaban J connectivity index is 1.78. The van der Waals surface area contributed by atoms with E-state index in [-0.39, 0.29) is 11.2 Å². The van der Waals surface area contributed by atoms with Gasteiger partial charge in [0, 0.05) is 37.7 Å². The van der Waals surface area contributed by atoms with Gasteiger partial charge in [-0.15, -0.1) is 0 Å². The van der Waals surface area contributed by atoms with Crippen LogP contribution in [0.5, 0.6) is 0 Å². The van der Waals surface area contributed by atoms with Gasteiger partial charge >= 0.3 is 7.12 Å². The number of nitrogens with zero attached hydrogens (tertiary/aromatic N) is 1. The number of aliphatic hydroxyl groups is 1. The van der Waals surface area contributed by atoms with Crippen molar-refractivity contribution in [1.29, 1.82) is 0 Å². The van der Waals surface area contributed by atoms with Crippen molar-refractivity contribution in [2.24, 2.45) is 0 Å². The first-order valence-electron chi connectivity index (χ1n) is 7.86. The molecular formula is C16H24BNO4. The first-order valence-corrected chi connectivity index (χ1v) is 7.86. The Morgan fingerprint density at radius 1 is 1.05 bits per heavy atom. The van der Waals surface area contributed by atoms with Crippen molar-refractivity contribution >= 4 is 12.6 Å². The summed E-state index contributed by atoms with van der Waals surface area (Å²) in [7, 11) is -0.420. The molecule has 0 unspecified atom stereocenters. The van der Waals surface area contributed by atoms with Gasteiger partial charge in [-0.05, 0) is 33.8 Å². The summed E-state index contributed by atoms with van der Waals surface area (Å²) in [6, 6.07) is 3.80. The van der Waals surface area contributed by atoms with Gasteiger partial charge in [-0.25, -0.2) is 0 Å². The monoisotopic (exact) mass is 305 g/mol. The molecule has 0 amide bonds. The smallest absolute Gasteiger partial charge is 0.399 e. The number of rotatable bonds is 2. The number of pyridine rings is 1. The molecule has 1 N–H and O–H groups in total. The topological polar surface area (TPSA) is 60.8 Å². The Morgan fingerprint density at radius 2 is 1.64 bits per heavy atom. The zero-order valence-corrected chi connectivity index (χ0v) is 13.8. The van der Waals surface area contributed by atoms with E-state index in [0.29, 0.717) is 31.7 Å². The molecule has 0 atom stereocenters. The van der Waals surface area contributed by atoms with Crippen LogP contribution < -0.4 is 5.46 Å². The van der Waals surface area contributed by atoms with Gasteiger partial charge in [0.05, 0.1) is 16.9 Å². The Hall–Kier alpha value is -0.945. The van der Waals surface area contributed by atoms with E-state index < -0.39 is 12.7 Å². The molecule has 0 spiro atoms. The van der Waals surface area contributed by atoms with E-state index in [1.165, 1.54) is 0 Å². The molecule has 22 heavy (non-hydrogen) atoms. The van der Waals surface area contributed by atoms with Crippen molar-refractivity contribution in [1.82, 2.24) is 4.98 Å². The zero-order chi connectivity index (χ0) is 16.0. The van der Waals surface area contributed by atoms with E-state index in [1.807, 2.05) is 39.8 Å². The highest BCUT2D eigenvalue weighted by Crippen LogP contribution is 2.36. The molecule has 0 aromatic carbocycles. The van der Waals surface area contributed by atoms with E-state index in [2.05, 4.69) is 4.98 Å². The normalized spacial score (nSPS) is 26.1. The minimum absolute atomic E-state index is 0.366. The highest BCUT2D eigenvalue weighted by atomic mass is 16.7. The van der Waals surface area contributed by atoms with E-state index in [9.17, 15) is 5.11 Å². The summed E-state index contributed by atoms with van der Waals surface area (Å²) >= 11 is 0. The quantitative estimate of drug-likeness (QED) is 0.837. The third-order valence-corrected chi connectivity index (χ3v) is 5.11. The molecule has 120 valence electrons. The number of hydrogen-bond acceptors (Lipinski definition) is 5. The predicted octanol–water partition coefficient (Wildman–Crippen LogP) is 1.38. The minimum Gasteiger partial charge on any atom is -0.399 e. The first-order chi connectivity index (χ1) is 10.2. The van der Waals surface area contributed by atoms with Crippen LogP contribution in [0, 0.1) is 0 Å². The largest absolute Gasteiger partial charge is 0.496 e. The molecule has 3 heterocycles. The van der Waals surface area contributed by atoms with Gasteiger partial charge in [0.25, 0.3) is 0 Å². The fraction of sp³-hybridized carbons (Fsp3) is 0.688. The summed E-state index contributed by atoms with van der Waals surface area (Å²) in [6.45, 7) is 9.24. The van der Waals surface area contributed by atoms with Crippen LogP contribution in [-0.4, -0.2) is 41.6 Å². The molecule has 1 aromatic rings. The summed E-state index contributed by atoms with van der Waals surface area (Å²) in [5.41, 5.74) is -0.0499. The molecule has 0 saturated carbocycles. The lowest BCUT2D eigenvalue weighted by Gasteiger charge is -2.32. The van der Waals surface area contributed by atoms with Crippen LogP contribution in [0.4, 0.5) is 0 Å². The Kier molecular flexibility index (Phi) is 3.84. The molecular weight excluding hydrogens is 281 g/mol. The molecule has 1 aromatic heterocycles. The second kappa shape index (κ2) is 5.30. The third-order valence-electron chi connectivity index (χ3n) is 5.11. The highest BCUT2D eigenvalue weighted by Gasteiger charge is 2.51. The standard InChI is InChI=1S/C16H24BNO4/c1-14(2)15(3,4)22-17(21-14)12-5-6-13(18-11-12)16(19)7-9-20-10-8-16/h5-6,11,19H,7-10H2,1-4H3. The number of aromatic nitrogens is 1. The molecule has 5 nitrogen and oxygen atoms in total. The van der Waals surface area contributed by atoms with Crippen molar-refractivity contribution in [3.8, 4) is 0 Å².